The Bertz CT molecular complexity index is 641. The molecule has 0 aromatic heterocycles. The Hall–Kier alpha value is -2.87. The Kier molecular flexibility index (Phi) is 5.94. The molecule has 0 bridgehead atoms. The maximum absolute atomic E-state index is 10.6. The van der Waals surface area contributed by atoms with Crippen LogP contribution in [0.4, 0.5) is 11.4 Å². The molecule has 1 N–H and O–H groups in total. The highest BCUT2D eigenvalue weighted by Gasteiger charge is 1.93. The lowest BCUT2D eigenvalue weighted by atomic mass is 10.2. The molecule has 0 saturated heterocycles. The van der Waals surface area contributed by atoms with Crippen molar-refractivity contribution in [1.82, 2.24) is 0 Å². The largest absolute Gasteiger partial charge is 0.356 e. The second kappa shape index (κ2) is 8.42. The summed E-state index contributed by atoms with van der Waals surface area (Å²) < 4.78 is 0. The Morgan fingerprint density at radius 1 is 0.636 bits per heavy atom. The van der Waals surface area contributed by atoms with Crippen molar-refractivity contribution in [2.24, 2.45) is 0 Å². The molecule has 3 aromatic carbocycles. The fraction of sp³-hybridized carbons (Fsp3) is 0.0500. The van der Waals surface area contributed by atoms with Gasteiger partial charge >= 0.3 is 0 Å². The number of hydrogen-bond acceptors (Lipinski definition) is 2. The summed E-state index contributed by atoms with van der Waals surface area (Å²) in [5, 5.41) is 3.30. The van der Waals surface area contributed by atoms with Crippen LogP contribution in [0.2, 0.25) is 0 Å². The van der Waals surface area contributed by atoms with Crippen molar-refractivity contribution in [3.63, 3.8) is 0 Å². The standard InChI is InChI=1S/C12H11N.C8H8O/c1-3-7-11(8-4-1)13-12-9-5-2-6-10-12;1-7(9)8-5-3-2-4-6-8/h1-10,13H;2-6H,1H3. The molecule has 0 aliphatic rings. The molecule has 0 aliphatic carbocycles. The molecule has 2 heteroatoms. The van der Waals surface area contributed by atoms with Crippen LogP contribution in [0, 0.1) is 0 Å². The monoisotopic (exact) mass is 289 g/mol. The summed E-state index contributed by atoms with van der Waals surface area (Å²) in [6.45, 7) is 1.56. The van der Waals surface area contributed by atoms with Crippen LogP contribution in [0.15, 0.2) is 91.0 Å². The van der Waals surface area contributed by atoms with Gasteiger partial charge in [0.2, 0.25) is 0 Å². The SMILES string of the molecule is CC(=O)c1ccccc1.c1ccc(Nc2ccccc2)cc1. The van der Waals surface area contributed by atoms with Crippen molar-refractivity contribution < 1.29 is 4.79 Å². The molecule has 2 nitrogen and oxygen atoms in total. The summed E-state index contributed by atoms with van der Waals surface area (Å²) in [6.07, 6.45) is 0. The number of carbonyl (C=O) groups is 1. The van der Waals surface area contributed by atoms with Crippen LogP contribution < -0.4 is 5.32 Å². The third-order valence-corrected chi connectivity index (χ3v) is 3.02. The summed E-state index contributed by atoms with van der Waals surface area (Å²) in [5.41, 5.74) is 3.01. The van der Waals surface area contributed by atoms with Gasteiger partial charge in [-0.05, 0) is 31.2 Å². The first-order chi connectivity index (χ1) is 10.8. The minimum Gasteiger partial charge on any atom is -0.356 e. The maximum Gasteiger partial charge on any atom is 0.159 e. The number of carbonyl (C=O) groups excluding carboxylic acids is 1. The number of ketones is 1. The van der Waals surface area contributed by atoms with E-state index in [9.17, 15) is 4.79 Å². The van der Waals surface area contributed by atoms with E-state index in [0.29, 0.717) is 0 Å². The molecule has 22 heavy (non-hydrogen) atoms. The van der Waals surface area contributed by atoms with E-state index in [0.717, 1.165) is 16.9 Å². The zero-order valence-electron chi connectivity index (χ0n) is 12.6. The Balaban J connectivity index is 0.000000172. The lowest BCUT2D eigenvalue weighted by molar-refractivity contribution is 0.101. The number of para-hydroxylation sites is 2. The predicted octanol–water partition coefficient (Wildman–Crippen LogP) is 5.32. The first kappa shape index (κ1) is 15.5. The van der Waals surface area contributed by atoms with Crippen LogP contribution in [-0.4, -0.2) is 5.78 Å². The van der Waals surface area contributed by atoms with Crippen LogP contribution in [0.5, 0.6) is 0 Å². The average Bonchev–Trinajstić information content (AvgIpc) is 2.58. The number of Topliss-reactive ketones (excluding diaryl/α,β-unsaturated/α-hetero) is 1. The Morgan fingerprint density at radius 2 is 1.00 bits per heavy atom. The number of rotatable bonds is 3. The highest BCUT2D eigenvalue weighted by Crippen LogP contribution is 2.14. The minimum atomic E-state index is 0.121. The van der Waals surface area contributed by atoms with Crippen molar-refractivity contribution in [2.75, 3.05) is 5.32 Å². The van der Waals surface area contributed by atoms with Gasteiger partial charge in [0.15, 0.2) is 5.78 Å². The molecule has 0 heterocycles. The molecule has 0 saturated carbocycles. The highest BCUT2D eigenvalue weighted by atomic mass is 16.1. The van der Waals surface area contributed by atoms with E-state index in [1.165, 1.54) is 0 Å². The zero-order chi connectivity index (χ0) is 15.6. The third kappa shape index (κ3) is 5.25. The van der Waals surface area contributed by atoms with Crippen molar-refractivity contribution in [1.29, 1.82) is 0 Å². The van der Waals surface area contributed by atoms with Crippen molar-refractivity contribution in [3.05, 3.63) is 96.6 Å². The smallest absolute Gasteiger partial charge is 0.159 e. The van der Waals surface area contributed by atoms with Crippen molar-refractivity contribution in [3.8, 4) is 0 Å². The first-order valence-corrected chi connectivity index (χ1v) is 7.19. The predicted molar refractivity (Wildman–Crippen MR) is 92.6 cm³/mol. The Morgan fingerprint density at radius 3 is 1.32 bits per heavy atom. The molecule has 0 spiro atoms. The van der Waals surface area contributed by atoms with Gasteiger partial charge in [0.1, 0.15) is 0 Å². The molecule has 110 valence electrons. The van der Waals surface area contributed by atoms with Crippen molar-refractivity contribution >= 4 is 17.2 Å². The van der Waals surface area contributed by atoms with Gasteiger partial charge in [0.05, 0.1) is 0 Å². The first-order valence-electron chi connectivity index (χ1n) is 7.19. The molecule has 0 unspecified atom stereocenters. The summed E-state index contributed by atoms with van der Waals surface area (Å²) >= 11 is 0. The molecular formula is C20H19NO. The summed E-state index contributed by atoms with van der Waals surface area (Å²) in [5.74, 6) is 0.121. The number of nitrogens with one attached hydrogen (secondary N) is 1. The minimum absolute atomic E-state index is 0.121. The van der Waals surface area contributed by atoms with Gasteiger partial charge in [-0.25, -0.2) is 0 Å². The van der Waals surface area contributed by atoms with Crippen LogP contribution in [-0.2, 0) is 0 Å². The lowest BCUT2D eigenvalue weighted by Crippen LogP contribution is -1.88. The van der Waals surface area contributed by atoms with Crippen molar-refractivity contribution in [2.45, 2.75) is 6.92 Å². The molecule has 0 radical (unpaired) electrons. The quantitative estimate of drug-likeness (QED) is 0.661. The molecule has 0 fully saturated rings. The van der Waals surface area contributed by atoms with Gasteiger partial charge in [-0.3, -0.25) is 4.79 Å². The maximum atomic E-state index is 10.6. The van der Waals surface area contributed by atoms with E-state index in [1.807, 2.05) is 91.0 Å². The van der Waals surface area contributed by atoms with Gasteiger partial charge in [-0.1, -0.05) is 66.7 Å². The van der Waals surface area contributed by atoms with E-state index in [1.54, 1.807) is 6.92 Å². The van der Waals surface area contributed by atoms with Crippen LogP contribution in [0.3, 0.4) is 0 Å². The molecule has 0 aliphatic heterocycles. The second-order valence-corrected chi connectivity index (χ2v) is 4.78. The molecular weight excluding hydrogens is 270 g/mol. The summed E-state index contributed by atoms with van der Waals surface area (Å²) in [6, 6.07) is 29.5. The highest BCUT2D eigenvalue weighted by molar-refractivity contribution is 5.93. The van der Waals surface area contributed by atoms with Crippen LogP contribution in [0.1, 0.15) is 17.3 Å². The van der Waals surface area contributed by atoms with Gasteiger partial charge < -0.3 is 5.32 Å². The van der Waals surface area contributed by atoms with Gasteiger partial charge in [-0.15, -0.1) is 0 Å². The van der Waals surface area contributed by atoms with E-state index in [4.69, 9.17) is 0 Å². The molecule has 3 rings (SSSR count). The van der Waals surface area contributed by atoms with Crippen LogP contribution >= 0.6 is 0 Å². The van der Waals surface area contributed by atoms with Crippen LogP contribution in [0.25, 0.3) is 0 Å². The number of anilines is 2. The lowest BCUT2D eigenvalue weighted by Gasteiger charge is -2.04. The third-order valence-electron chi connectivity index (χ3n) is 3.02. The topological polar surface area (TPSA) is 29.1 Å². The molecule has 0 atom stereocenters. The van der Waals surface area contributed by atoms with E-state index in [2.05, 4.69) is 5.32 Å². The van der Waals surface area contributed by atoms with Gasteiger partial charge in [0.25, 0.3) is 0 Å². The summed E-state index contributed by atoms with van der Waals surface area (Å²) in [4.78, 5) is 10.6. The summed E-state index contributed by atoms with van der Waals surface area (Å²) in [7, 11) is 0. The zero-order valence-corrected chi connectivity index (χ0v) is 12.6. The number of hydrogen-bond donors (Lipinski definition) is 1. The Labute approximate surface area is 131 Å². The number of benzene rings is 3. The fourth-order valence-electron chi connectivity index (χ4n) is 1.88. The molecule has 3 aromatic rings. The van der Waals surface area contributed by atoms with E-state index in [-0.39, 0.29) is 5.78 Å². The molecule has 0 amide bonds. The second-order valence-electron chi connectivity index (χ2n) is 4.78. The average molecular weight is 289 g/mol. The normalized spacial score (nSPS) is 9.32. The van der Waals surface area contributed by atoms with Gasteiger partial charge in [-0.2, -0.15) is 0 Å². The fourth-order valence-corrected chi connectivity index (χ4v) is 1.88. The van der Waals surface area contributed by atoms with Gasteiger partial charge in [0, 0.05) is 16.9 Å². The van der Waals surface area contributed by atoms with E-state index < -0.39 is 0 Å². The van der Waals surface area contributed by atoms with E-state index >= 15 is 0 Å².